The summed E-state index contributed by atoms with van der Waals surface area (Å²) >= 11 is 0. The van der Waals surface area contributed by atoms with Gasteiger partial charge in [0.25, 0.3) is 0 Å². The van der Waals surface area contributed by atoms with Gasteiger partial charge < -0.3 is 5.11 Å². The molecule has 1 N–H and O–H groups in total. The van der Waals surface area contributed by atoms with Crippen LogP contribution in [0.2, 0.25) is 0 Å². The second kappa shape index (κ2) is 8.09. The topological polar surface area (TPSA) is 68.0 Å². The second-order valence-electron chi connectivity index (χ2n) is 6.29. The highest BCUT2D eigenvalue weighted by Crippen LogP contribution is 2.60. The minimum Gasteiger partial charge on any atom is -0.478 e. The van der Waals surface area contributed by atoms with Crippen molar-refractivity contribution in [3.8, 4) is 0 Å². The molecule has 0 aliphatic heterocycles. The van der Waals surface area contributed by atoms with Crippen LogP contribution in [0.3, 0.4) is 0 Å². The maximum Gasteiger partial charge on any atom is 0.460 e. The molecule has 5 nitrogen and oxygen atoms in total. The Hall–Kier alpha value is -2.56. The number of carboxylic acid groups (broad SMARTS) is 1. The van der Waals surface area contributed by atoms with Crippen molar-refractivity contribution in [2.24, 2.45) is 0 Å². The Morgan fingerprint density at radius 2 is 1.38 bits per heavy atom. The number of carbonyl (C=O) groups is 1. The highest BCUT2D eigenvalue weighted by atomic mass is 19.4. The summed E-state index contributed by atoms with van der Waals surface area (Å²) in [5.41, 5.74) is -0.706. The molecule has 0 unspecified atom stereocenters. The maximum absolute atomic E-state index is 13.7. The Balaban J connectivity index is 3.18. The summed E-state index contributed by atoms with van der Waals surface area (Å²) in [5.74, 6) is -38.6. The van der Waals surface area contributed by atoms with Crippen molar-refractivity contribution in [1.29, 1.82) is 0 Å². The van der Waals surface area contributed by atoms with Gasteiger partial charge in [-0.3, -0.25) is 4.68 Å². The predicted molar refractivity (Wildman–Crippen MR) is 76.7 cm³/mol. The molecule has 0 atom stereocenters. The van der Waals surface area contributed by atoms with E-state index in [2.05, 4.69) is 10.3 Å². The molecule has 0 aliphatic rings. The lowest BCUT2D eigenvalue weighted by atomic mass is 9.92. The average molecular weight is 499 g/mol. The first-order valence-electron chi connectivity index (χ1n) is 7.80. The number of aryl methyl sites for hydroxylation is 1. The molecular weight excluding hydrogens is 489 g/mol. The van der Waals surface area contributed by atoms with E-state index < -0.39 is 54.7 Å². The van der Waals surface area contributed by atoms with Crippen LogP contribution in [0.1, 0.15) is 19.0 Å². The molecule has 0 spiro atoms. The fraction of sp³-hybridized carbons (Fsp3) is 0.643. The number of carboxylic acids is 1. The first-order valence-corrected chi connectivity index (χ1v) is 7.80. The smallest absolute Gasteiger partial charge is 0.460 e. The third-order valence-electron chi connectivity index (χ3n) is 3.91. The Morgan fingerprint density at radius 3 is 1.81 bits per heavy atom. The number of hydrogen-bond donors (Lipinski definition) is 1. The Kier molecular flexibility index (Phi) is 6.95. The predicted octanol–water partition coefficient (Wildman–Crippen LogP) is 4.89. The van der Waals surface area contributed by atoms with E-state index in [-0.39, 0.29) is 15.9 Å². The normalized spacial score (nSPS) is 15.2. The molecule has 0 aliphatic carbocycles. The van der Waals surface area contributed by atoms with E-state index in [9.17, 15) is 61.9 Å². The van der Waals surface area contributed by atoms with Gasteiger partial charge in [-0.05, 0) is 13.0 Å². The lowest BCUT2D eigenvalue weighted by molar-refractivity contribution is -0.440. The molecule has 0 radical (unpaired) electrons. The maximum atomic E-state index is 13.7. The van der Waals surface area contributed by atoms with Crippen molar-refractivity contribution in [3.05, 3.63) is 17.5 Å². The minimum atomic E-state index is -7.95. The number of hydrogen-bond acceptors (Lipinski definition) is 3. The molecule has 18 heteroatoms. The van der Waals surface area contributed by atoms with Crippen molar-refractivity contribution < 1.29 is 67.0 Å². The largest absolute Gasteiger partial charge is 0.478 e. The summed E-state index contributed by atoms with van der Waals surface area (Å²) in [5, 5.41) is 14.9. The van der Waals surface area contributed by atoms with Crippen molar-refractivity contribution in [3.63, 3.8) is 0 Å². The zero-order chi connectivity index (χ0) is 25.6. The molecule has 1 aromatic heterocycles. The van der Waals surface area contributed by atoms with E-state index in [1.807, 2.05) is 0 Å². The summed E-state index contributed by atoms with van der Waals surface area (Å²) in [6.07, 6.45) is -8.49. The second-order valence-corrected chi connectivity index (χ2v) is 6.29. The van der Waals surface area contributed by atoms with Gasteiger partial charge in [0.05, 0.1) is 6.20 Å². The fourth-order valence-corrected chi connectivity index (χ4v) is 1.99. The van der Waals surface area contributed by atoms with Crippen LogP contribution < -0.4 is 0 Å². The van der Waals surface area contributed by atoms with Crippen LogP contribution in [0, 0.1) is 0 Å². The van der Waals surface area contributed by atoms with Gasteiger partial charge in [0, 0.05) is 18.5 Å². The van der Waals surface area contributed by atoms with Crippen LogP contribution in [-0.4, -0.2) is 61.9 Å². The van der Waals surface area contributed by atoms with Gasteiger partial charge >= 0.3 is 41.8 Å². The molecule has 0 saturated heterocycles. The highest BCUT2D eigenvalue weighted by Gasteiger charge is 2.90. The summed E-state index contributed by atoms with van der Waals surface area (Å²) in [7, 11) is 0. The van der Waals surface area contributed by atoms with Gasteiger partial charge in [0.1, 0.15) is 5.69 Å². The van der Waals surface area contributed by atoms with Gasteiger partial charge in [-0.25, -0.2) is 4.79 Å². The average Bonchev–Trinajstić information content (AvgIpc) is 3.05. The molecular formula is C14H10F13N3O2. The molecule has 1 heterocycles. The first kappa shape index (κ1) is 27.5. The summed E-state index contributed by atoms with van der Waals surface area (Å²) in [4.78, 5) is 10.6. The van der Waals surface area contributed by atoms with E-state index in [1.54, 1.807) is 0 Å². The molecule has 1 rings (SSSR count). The standard InChI is InChI=1S/C14H10F13N3O2/c1-6(8(31)32)4-7-5-30(29-28-7)3-2-9(15,16)10(17,18)11(19,20)12(21,22)13(23,24)14(25,26)27/h4-5H,2-3H2,1H3,(H,31,32). The van der Waals surface area contributed by atoms with Crippen molar-refractivity contribution in [2.75, 3.05) is 0 Å². The van der Waals surface area contributed by atoms with Crippen LogP contribution in [0.25, 0.3) is 6.08 Å². The summed E-state index contributed by atoms with van der Waals surface area (Å²) in [6, 6.07) is 0. The van der Waals surface area contributed by atoms with Crippen LogP contribution in [0.5, 0.6) is 0 Å². The molecule has 1 aromatic rings. The molecule has 0 fully saturated rings. The number of rotatable bonds is 9. The Morgan fingerprint density at radius 1 is 0.906 bits per heavy atom. The number of aromatic nitrogens is 3. The number of halogens is 13. The van der Waals surface area contributed by atoms with Crippen molar-refractivity contribution >= 4 is 12.0 Å². The minimum absolute atomic E-state index is 0.256. The molecule has 184 valence electrons. The zero-order valence-corrected chi connectivity index (χ0v) is 15.2. The quantitative estimate of drug-likeness (QED) is 0.388. The Labute approximate surface area is 168 Å². The molecule has 0 aromatic carbocycles. The van der Waals surface area contributed by atoms with Crippen molar-refractivity contribution in [2.45, 2.75) is 55.7 Å². The molecule has 0 saturated carbocycles. The van der Waals surface area contributed by atoms with Crippen molar-refractivity contribution in [1.82, 2.24) is 15.0 Å². The van der Waals surface area contributed by atoms with Gasteiger partial charge in [-0.2, -0.15) is 57.1 Å². The lowest BCUT2D eigenvalue weighted by Crippen LogP contribution is -2.70. The molecule has 0 bridgehead atoms. The summed E-state index contributed by atoms with van der Waals surface area (Å²) in [6.45, 7) is -0.429. The number of nitrogens with zero attached hydrogens (tertiary/aromatic N) is 3. The molecule has 0 amide bonds. The zero-order valence-electron chi connectivity index (χ0n) is 15.2. The van der Waals surface area contributed by atoms with Crippen LogP contribution in [-0.2, 0) is 11.3 Å². The van der Waals surface area contributed by atoms with E-state index in [4.69, 9.17) is 5.11 Å². The monoisotopic (exact) mass is 499 g/mol. The van der Waals surface area contributed by atoms with E-state index >= 15 is 0 Å². The van der Waals surface area contributed by atoms with Crippen LogP contribution >= 0.6 is 0 Å². The van der Waals surface area contributed by atoms with Gasteiger partial charge in [0.15, 0.2) is 0 Å². The SMILES string of the molecule is CC(=Cc1cn(CCC(F)(F)C(F)(F)C(F)(F)C(F)(F)C(F)(F)C(F)(F)F)nn1)C(=O)O. The summed E-state index contributed by atoms with van der Waals surface area (Å²) < 4.78 is 169. The first-order chi connectivity index (χ1) is 14.0. The highest BCUT2D eigenvalue weighted by molar-refractivity contribution is 5.90. The van der Waals surface area contributed by atoms with Gasteiger partial charge in [-0.15, -0.1) is 5.10 Å². The fourth-order valence-electron chi connectivity index (χ4n) is 1.99. The third kappa shape index (κ3) is 4.48. The van der Waals surface area contributed by atoms with Crippen LogP contribution in [0.15, 0.2) is 11.8 Å². The lowest BCUT2D eigenvalue weighted by Gasteiger charge is -2.39. The third-order valence-corrected chi connectivity index (χ3v) is 3.91. The number of alkyl halides is 13. The number of aliphatic carboxylic acids is 1. The van der Waals surface area contributed by atoms with E-state index in [0.29, 0.717) is 6.20 Å². The Bertz CT molecular complexity index is 873. The van der Waals surface area contributed by atoms with Gasteiger partial charge in [0.2, 0.25) is 0 Å². The van der Waals surface area contributed by atoms with E-state index in [1.165, 1.54) is 0 Å². The van der Waals surface area contributed by atoms with Gasteiger partial charge in [-0.1, -0.05) is 5.21 Å². The molecule has 32 heavy (non-hydrogen) atoms. The van der Waals surface area contributed by atoms with E-state index in [0.717, 1.165) is 13.0 Å². The van der Waals surface area contributed by atoms with Crippen LogP contribution in [0.4, 0.5) is 57.1 Å².